The fourth-order valence-electron chi connectivity index (χ4n) is 14.3. The Morgan fingerprint density at radius 1 is 0.245 bits per heavy atom. The van der Waals surface area contributed by atoms with Gasteiger partial charge >= 0.3 is 39.5 Å². The molecule has 0 saturated carbocycles. The summed E-state index contributed by atoms with van der Waals surface area (Å²) >= 11 is 0. The van der Waals surface area contributed by atoms with Crippen molar-refractivity contribution in [3.8, 4) is 0 Å². The van der Waals surface area contributed by atoms with Crippen molar-refractivity contribution in [3.63, 3.8) is 0 Å². The van der Waals surface area contributed by atoms with Crippen molar-refractivity contribution in [2.75, 3.05) is 39.6 Å². The largest absolute Gasteiger partial charge is 0.472 e. The molecule has 0 bridgehead atoms. The third-order valence-electron chi connectivity index (χ3n) is 21.5. The standard InChI is InChI=1S/C91H178O17P2/c1-7-9-11-13-15-17-19-20-21-22-23-24-28-33-38-44-50-56-62-68-74-89(94)102-80-87(108-90(95)75-69-63-57-51-45-39-34-29-26-25-27-31-36-42-47-53-59-65-71-83(3)4)82-106-110(99,100)104-78-85(92)77-103-109(97,98)105-81-86(79-101-88(93)73-67-61-55-49-41-18-16-14-12-10-8-2)107-91(96)76-70-64-58-52-46-40-35-30-32-37-43-48-54-60-66-72-84(5)6/h83-87,92H,7-82H2,1-6H3,(H,97,98)(H,99,100)/t85-,86+,87+/m0/s1. The lowest BCUT2D eigenvalue weighted by molar-refractivity contribution is -0.161. The van der Waals surface area contributed by atoms with Crippen LogP contribution in [-0.2, 0) is 65.4 Å². The lowest BCUT2D eigenvalue weighted by Gasteiger charge is -2.21. The number of phosphoric acid groups is 2. The highest BCUT2D eigenvalue weighted by molar-refractivity contribution is 7.47. The summed E-state index contributed by atoms with van der Waals surface area (Å²) in [5.74, 6) is -0.472. The maximum atomic E-state index is 13.2. The summed E-state index contributed by atoms with van der Waals surface area (Å²) in [6.07, 6.45) is 76.4. The van der Waals surface area contributed by atoms with Gasteiger partial charge in [0.2, 0.25) is 0 Å². The van der Waals surface area contributed by atoms with Crippen LogP contribution in [0.4, 0.5) is 0 Å². The molecule has 0 aliphatic carbocycles. The molecule has 5 atom stereocenters. The minimum absolute atomic E-state index is 0.108. The second-order valence-electron chi connectivity index (χ2n) is 33.6. The summed E-state index contributed by atoms with van der Waals surface area (Å²) in [7, 11) is -9.93. The number of aliphatic hydroxyl groups excluding tert-OH is 1. The Morgan fingerprint density at radius 2 is 0.418 bits per heavy atom. The lowest BCUT2D eigenvalue weighted by atomic mass is 10.0. The van der Waals surface area contributed by atoms with Crippen LogP contribution in [0.15, 0.2) is 0 Å². The number of carbonyl (C=O) groups is 4. The summed E-state index contributed by atoms with van der Waals surface area (Å²) in [5.41, 5.74) is 0. The van der Waals surface area contributed by atoms with Gasteiger partial charge in [0, 0.05) is 25.7 Å². The molecular weight excluding hydrogens is 1430 g/mol. The zero-order valence-corrected chi connectivity index (χ0v) is 74.4. The van der Waals surface area contributed by atoms with E-state index in [2.05, 4.69) is 41.5 Å². The van der Waals surface area contributed by atoms with Crippen LogP contribution in [0.1, 0.15) is 491 Å². The fourth-order valence-corrected chi connectivity index (χ4v) is 15.9. The molecule has 0 fully saturated rings. The van der Waals surface area contributed by atoms with Crippen molar-refractivity contribution in [2.45, 2.75) is 509 Å². The van der Waals surface area contributed by atoms with Crippen LogP contribution in [0.3, 0.4) is 0 Å². The van der Waals surface area contributed by atoms with Crippen LogP contribution >= 0.6 is 15.6 Å². The number of carbonyl (C=O) groups excluding carboxylic acids is 4. The Labute approximate surface area is 677 Å². The Balaban J connectivity index is 5.23. The second kappa shape index (κ2) is 82.2. The number of hydrogen-bond donors (Lipinski definition) is 3. The summed E-state index contributed by atoms with van der Waals surface area (Å²) in [6, 6.07) is 0. The summed E-state index contributed by atoms with van der Waals surface area (Å²) in [6.45, 7) is 9.76. The van der Waals surface area contributed by atoms with Crippen molar-refractivity contribution < 1.29 is 80.2 Å². The number of hydrogen-bond acceptors (Lipinski definition) is 15. The monoisotopic (exact) mass is 1610 g/mol. The molecule has 3 N–H and O–H groups in total. The van der Waals surface area contributed by atoms with E-state index < -0.39 is 97.5 Å². The molecule has 0 heterocycles. The number of unbranched alkanes of at least 4 members (excludes halogenated alkanes) is 60. The molecule has 110 heavy (non-hydrogen) atoms. The van der Waals surface area contributed by atoms with Gasteiger partial charge in [0.25, 0.3) is 0 Å². The third kappa shape index (κ3) is 84.0. The predicted molar refractivity (Wildman–Crippen MR) is 455 cm³/mol. The van der Waals surface area contributed by atoms with Crippen LogP contribution in [0.5, 0.6) is 0 Å². The molecule has 0 aliphatic rings. The van der Waals surface area contributed by atoms with Crippen LogP contribution in [-0.4, -0.2) is 96.7 Å². The summed E-state index contributed by atoms with van der Waals surface area (Å²) in [4.78, 5) is 73.4. The molecule has 654 valence electrons. The number of rotatable bonds is 90. The summed E-state index contributed by atoms with van der Waals surface area (Å²) in [5, 5.41) is 10.7. The Morgan fingerprint density at radius 3 is 0.618 bits per heavy atom. The van der Waals surface area contributed by atoms with Gasteiger partial charge < -0.3 is 33.8 Å². The van der Waals surface area contributed by atoms with Crippen molar-refractivity contribution in [3.05, 3.63) is 0 Å². The van der Waals surface area contributed by atoms with E-state index in [1.54, 1.807) is 0 Å². The molecule has 0 saturated heterocycles. The van der Waals surface area contributed by atoms with E-state index in [9.17, 15) is 43.2 Å². The van der Waals surface area contributed by atoms with Crippen molar-refractivity contribution in [2.24, 2.45) is 11.8 Å². The Hall–Kier alpha value is -1.94. The van der Waals surface area contributed by atoms with Gasteiger partial charge in [-0.05, 0) is 37.5 Å². The second-order valence-corrected chi connectivity index (χ2v) is 36.6. The van der Waals surface area contributed by atoms with Crippen molar-refractivity contribution in [1.29, 1.82) is 0 Å². The van der Waals surface area contributed by atoms with Crippen LogP contribution in [0, 0.1) is 11.8 Å². The van der Waals surface area contributed by atoms with Gasteiger partial charge in [-0.1, -0.05) is 440 Å². The summed E-state index contributed by atoms with van der Waals surface area (Å²) < 4.78 is 69.1. The van der Waals surface area contributed by atoms with E-state index in [-0.39, 0.29) is 25.7 Å². The molecule has 0 aromatic carbocycles. The first-order valence-corrected chi connectivity index (χ1v) is 50.0. The van der Waals surface area contributed by atoms with E-state index in [1.807, 2.05) is 0 Å². The average Bonchev–Trinajstić information content (AvgIpc) is 0.898. The van der Waals surface area contributed by atoms with Crippen molar-refractivity contribution >= 4 is 39.5 Å². The first kappa shape index (κ1) is 108. The minimum atomic E-state index is -4.97. The molecule has 19 heteroatoms. The molecule has 0 amide bonds. The van der Waals surface area contributed by atoms with Crippen LogP contribution < -0.4 is 0 Å². The molecule has 17 nitrogen and oxygen atoms in total. The number of ether oxygens (including phenoxy) is 4. The normalized spacial score (nSPS) is 13.7. The molecule has 0 aliphatic heterocycles. The quantitative estimate of drug-likeness (QED) is 0.0222. The van der Waals surface area contributed by atoms with Gasteiger partial charge in [-0.3, -0.25) is 37.3 Å². The Bertz CT molecular complexity index is 2100. The van der Waals surface area contributed by atoms with E-state index in [1.165, 1.54) is 308 Å². The number of phosphoric ester groups is 2. The van der Waals surface area contributed by atoms with Gasteiger partial charge in [0.1, 0.15) is 19.3 Å². The van der Waals surface area contributed by atoms with Crippen molar-refractivity contribution in [1.82, 2.24) is 0 Å². The molecular formula is C91H178O17P2. The highest BCUT2D eigenvalue weighted by Crippen LogP contribution is 2.45. The third-order valence-corrected chi connectivity index (χ3v) is 23.4. The van der Waals surface area contributed by atoms with Gasteiger partial charge in [0.05, 0.1) is 26.4 Å². The van der Waals surface area contributed by atoms with Gasteiger partial charge in [-0.15, -0.1) is 0 Å². The number of aliphatic hydroxyl groups is 1. The predicted octanol–water partition coefficient (Wildman–Crippen LogP) is 28.2. The first-order chi connectivity index (χ1) is 53.4. The molecule has 0 radical (unpaired) electrons. The fraction of sp³-hybridized carbons (Fsp3) is 0.956. The highest BCUT2D eigenvalue weighted by Gasteiger charge is 2.31. The van der Waals surface area contributed by atoms with Gasteiger partial charge in [-0.2, -0.15) is 0 Å². The van der Waals surface area contributed by atoms with E-state index in [0.29, 0.717) is 25.7 Å². The van der Waals surface area contributed by atoms with Gasteiger partial charge in [0.15, 0.2) is 12.2 Å². The zero-order chi connectivity index (χ0) is 80.6. The van der Waals surface area contributed by atoms with Crippen LogP contribution in [0.25, 0.3) is 0 Å². The highest BCUT2D eigenvalue weighted by atomic mass is 31.2. The smallest absolute Gasteiger partial charge is 0.462 e. The minimum Gasteiger partial charge on any atom is -0.462 e. The Kier molecular flexibility index (Phi) is 80.7. The maximum Gasteiger partial charge on any atom is 0.472 e. The van der Waals surface area contributed by atoms with Crippen LogP contribution in [0.2, 0.25) is 0 Å². The molecule has 0 aromatic heterocycles. The molecule has 0 aromatic rings. The lowest BCUT2D eigenvalue weighted by Crippen LogP contribution is -2.30. The average molecular weight is 1610 g/mol. The zero-order valence-electron chi connectivity index (χ0n) is 72.6. The molecule has 2 unspecified atom stereocenters. The molecule has 0 rings (SSSR count). The number of esters is 4. The first-order valence-electron chi connectivity index (χ1n) is 47.0. The molecule has 0 spiro atoms. The maximum absolute atomic E-state index is 13.2. The van der Waals surface area contributed by atoms with E-state index in [0.717, 1.165) is 102 Å². The van der Waals surface area contributed by atoms with Gasteiger partial charge in [-0.25, -0.2) is 9.13 Å². The SMILES string of the molecule is CCCCCCCCCCCCCCCCCCCCCCC(=O)OC[C@H](COP(=O)(O)OC[C@@H](O)COP(=O)(O)OC[C@@H](COC(=O)CCCCCCCCCCCCC)OC(=O)CCCCCCCCCCCCCCCCCC(C)C)OC(=O)CCCCCCCCCCCCCCCCCCCCC(C)C. The topological polar surface area (TPSA) is 237 Å². The van der Waals surface area contributed by atoms with E-state index in [4.69, 9.17) is 37.0 Å². The van der Waals surface area contributed by atoms with E-state index >= 15 is 0 Å².